The second-order valence-electron chi connectivity index (χ2n) is 3.09. The number of rotatable bonds is 2. The Hall–Kier alpha value is -1.69. The summed E-state index contributed by atoms with van der Waals surface area (Å²) in [4.78, 5) is 18.5. The lowest BCUT2D eigenvalue weighted by atomic mass is 10.1. The molecule has 1 N–H and O–H groups in total. The van der Waals surface area contributed by atoms with Crippen molar-refractivity contribution in [2.75, 3.05) is 13.7 Å². The minimum atomic E-state index is -1.17. The molecule has 0 atom stereocenters. The molecule has 0 bridgehead atoms. The van der Waals surface area contributed by atoms with E-state index in [1.54, 1.807) is 0 Å². The van der Waals surface area contributed by atoms with E-state index in [0.717, 1.165) is 5.56 Å². The van der Waals surface area contributed by atoms with Crippen molar-refractivity contribution in [3.8, 4) is 5.88 Å². The minimum absolute atomic E-state index is 0.254. The minimum Gasteiger partial charge on any atom is -0.481 e. The van der Waals surface area contributed by atoms with Gasteiger partial charge >= 0.3 is 5.97 Å². The maximum absolute atomic E-state index is 10.7. The van der Waals surface area contributed by atoms with Crippen LogP contribution in [0.4, 0.5) is 0 Å². The summed E-state index contributed by atoms with van der Waals surface area (Å²) < 4.78 is 10.2. The standard InChI is InChI=1S/C9H10N2O4/c1-14-8-5-2-3-15-4-6(5)10-7(11-8)9(12)13/h2-4H2,1H3,(H,12,13). The average molecular weight is 210 g/mol. The number of hydrogen-bond acceptors (Lipinski definition) is 5. The first kappa shape index (κ1) is 9.85. The quantitative estimate of drug-likeness (QED) is 0.753. The van der Waals surface area contributed by atoms with Gasteiger partial charge in [-0.25, -0.2) is 9.78 Å². The van der Waals surface area contributed by atoms with E-state index in [2.05, 4.69) is 9.97 Å². The molecule has 6 heteroatoms. The van der Waals surface area contributed by atoms with Gasteiger partial charge in [0.05, 0.1) is 26.0 Å². The molecular formula is C9H10N2O4. The monoisotopic (exact) mass is 210 g/mol. The fourth-order valence-corrected chi connectivity index (χ4v) is 1.49. The van der Waals surface area contributed by atoms with Gasteiger partial charge in [-0.05, 0) is 0 Å². The number of carboxylic acid groups (broad SMARTS) is 1. The van der Waals surface area contributed by atoms with E-state index in [9.17, 15) is 4.79 Å². The van der Waals surface area contributed by atoms with Crippen LogP contribution in [-0.2, 0) is 17.8 Å². The third kappa shape index (κ3) is 1.75. The molecule has 0 unspecified atom stereocenters. The molecule has 2 heterocycles. The molecule has 0 spiro atoms. The molecule has 2 rings (SSSR count). The number of carboxylic acids is 1. The molecule has 0 radical (unpaired) electrons. The van der Waals surface area contributed by atoms with E-state index < -0.39 is 5.97 Å². The summed E-state index contributed by atoms with van der Waals surface area (Å²) in [6.45, 7) is 0.896. The Morgan fingerprint density at radius 1 is 1.53 bits per heavy atom. The van der Waals surface area contributed by atoms with Crippen molar-refractivity contribution in [1.82, 2.24) is 9.97 Å². The highest BCUT2D eigenvalue weighted by atomic mass is 16.5. The lowest BCUT2D eigenvalue weighted by Crippen LogP contribution is -2.17. The number of aromatic carboxylic acids is 1. The fourth-order valence-electron chi connectivity index (χ4n) is 1.49. The second kappa shape index (κ2) is 3.82. The fraction of sp³-hybridized carbons (Fsp3) is 0.444. The van der Waals surface area contributed by atoms with Crippen LogP contribution >= 0.6 is 0 Å². The molecule has 1 aromatic heterocycles. The molecule has 1 aromatic rings. The number of carbonyl (C=O) groups is 1. The molecule has 0 aliphatic carbocycles. The van der Waals surface area contributed by atoms with E-state index in [0.29, 0.717) is 31.2 Å². The van der Waals surface area contributed by atoms with Crippen molar-refractivity contribution >= 4 is 5.97 Å². The SMILES string of the molecule is COc1nc(C(=O)O)nc2c1CCOC2. The van der Waals surface area contributed by atoms with Crippen LogP contribution in [0.1, 0.15) is 21.9 Å². The highest BCUT2D eigenvalue weighted by molar-refractivity contribution is 5.83. The number of aromatic nitrogens is 2. The van der Waals surface area contributed by atoms with Crippen LogP contribution in [-0.4, -0.2) is 34.8 Å². The Labute approximate surface area is 85.9 Å². The first-order valence-electron chi connectivity index (χ1n) is 4.47. The van der Waals surface area contributed by atoms with Gasteiger partial charge in [0.2, 0.25) is 11.7 Å². The summed E-state index contributed by atoms with van der Waals surface area (Å²) in [5.41, 5.74) is 1.44. The van der Waals surface area contributed by atoms with Crippen LogP contribution < -0.4 is 4.74 Å². The predicted octanol–water partition coefficient (Wildman–Crippen LogP) is 0.256. The number of methoxy groups -OCH3 is 1. The zero-order chi connectivity index (χ0) is 10.8. The van der Waals surface area contributed by atoms with Gasteiger partial charge in [0.15, 0.2) is 0 Å². The largest absolute Gasteiger partial charge is 0.481 e. The maximum Gasteiger partial charge on any atom is 0.374 e. The van der Waals surface area contributed by atoms with Crippen molar-refractivity contribution in [2.24, 2.45) is 0 Å². The van der Waals surface area contributed by atoms with Gasteiger partial charge in [-0.1, -0.05) is 0 Å². The number of hydrogen-bond donors (Lipinski definition) is 1. The number of ether oxygens (including phenoxy) is 2. The average Bonchev–Trinajstić information content (AvgIpc) is 2.27. The molecule has 1 aliphatic rings. The van der Waals surface area contributed by atoms with Crippen LogP contribution in [0.25, 0.3) is 0 Å². The zero-order valence-corrected chi connectivity index (χ0v) is 8.19. The third-order valence-electron chi connectivity index (χ3n) is 2.17. The maximum atomic E-state index is 10.7. The Morgan fingerprint density at radius 2 is 2.33 bits per heavy atom. The van der Waals surface area contributed by atoms with Crippen LogP contribution in [0.15, 0.2) is 0 Å². The predicted molar refractivity (Wildman–Crippen MR) is 48.9 cm³/mol. The molecular weight excluding hydrogens is 200 g/mol. The summed E-state index contributed by atoms with van der Waals surface area (Å²) in [6, 6.07) is 0. The van der Waals surface area contributed by atoms with E-state index in [1.807, 2.05) is 0 Å². The lowest BCUT2D eigenvalue weighted by molar-refractivity contribution is 0.0677. The second-order valence-corrected chi connectivity index (χ2v) is 3.09. The molecule has 0 saturated carbocycles. The van der Waals surface area contributed by atoms with Crippen LogP contribution in [0.3, 0.4) is 0 Å². The molecule has 0 saturated heterocycles. The molecule has 0 aromatic carbocycles. The highest BCUT2D eigenvalue weighted by Gasteiger charge is 2.20. The van der Waals surface area contributed by atoms with Crippen molar-refractivity contribution < 1.29 is 19.4 Å². The number of nitrogens with zero attached hydrogens (tertiary/aromatic N) is 2. The summed E-state index contributed by atoms with van der Waals surface area (Å²) in [5.74, 6) is -1.08. The van der Waals surface area contributed by atoms with Gasteiger partial charge in [-0.2, -0.15) is 4.98 Å². The molecule has 6 nitrogen and oxygen atoms in total. The normalized spacial score (nSPS) is 14.5. The highest BCUT2D eigenvalue weighted by Crippen LogP contribution is 2.23. The Balaban J connectivity index is 2.52. The summed E-state index contributed by atoms with van der Waals surface area (Å²) in [5, 5.41) is 8.78. The Morgan fingerprint density at radius 3 is 3.00 bits per heavy atom. The van der Waals surface area contributed by atoms with E-state index in [-0.39, 0.29) is 5.82 Å². The Kier molecular flexibility index (Phi) is 2.51. The van der Waals surface area contributed by atoms with Crippen molar-refractivity contribution in [3.63, 3.8) is 0 Å². The smallest absolute Gasteiger partial charge is 0.374 e. The van der Waals surface area contributed by atoms with Crippen molar-refractivity contribution in [1.29, 1.82) is 0 Å². The van der Waals surface area contributed by atoms with Gasteiger partial charge in [0, 0.05) is 12.0 Å². The van der Waals surface area contributed by atoms with Gasteiger partial charge in [-0.15, -0.1) is 0 Å². The van der Waals surface area contributed by atoms with Gasteiger partial charge in [0.1, 0.15) is 0 Å². The molecule has 0 amide bonds. The molecule has 1 aliphatic heterocycles. The summed E-state index contributed by atoms with van der Waals surface area (Å²) in [7, 11) is 1.46. The third-order valence-corrected chi connectivity index (χ3v) is 2.17. The lowest BCUT2D eigenvalue weighted by Gasteiger charge is -2.17. The van der Waals surface area contributed by atoms with Crippen molar-refractivity contribution in [3.05, 3.63) is 17.1 Å². The first-order chi connectivity index (χ1) is 7.22. The molecule has 15 heavy (non-hydrogen) atoms. The van der Waals surface area contributed by atoms with Crippen molar-refractivity contribution in [2.45, 2.75) is 13.0 Å². The zero-order valence-electron chi connectivity index (χ0n) is 8.19. The van der Waals surface area contributed by atoms with Gasteiger partial charge in [-0.3, -0.25) is 0 Å². The van der Waals surface area contributed by atoms with E-state index in [1.165, 1.54) is 7.11 Å². The summed E-state index contributed by atoms with van der Waals surface area (Å²) in [6.07, 6.45) is 0.651. The molecule has 80 valence electrons. The topological polar surface area (TPSA) is 81.5 Å². The van der Waals surface area contributed by atoms with Crippen LogP contribution in [0.5, 0.6) is 5.88 Å². The number of fused-ring (bicyclic) bond motifs is 1. The van der Waals surface area contributed by atoms with E-state index in [4.69, 9.17) is 14.6 Å². The van der Waals surface area contributed by atoms with E-state index >= 15 is 0 Å². The summed E-state index contributed by atoms with van der Waals surface area (Å²) >= 11 is 0. The van der Waals surface area contributed by atoms with Crippen LogP contribution in [0, 0.1) is 0 Å². The molecule has 0 fully saturated rings. The van der Waals surface area contributed by atoms with Gasteiger partial charge < -0.3 is 14.6 Å². The Bertz CT molecular complexity index is 388. The van der Waals surface area contributed by atoms with Crippen LogP contribution in [0.2, 0.25) is 0 Å². The van der Waals surface area contributed by atoms with Gasteiger partial charge in [0.25, 0.3) is 0 Å². The first-order valence-corrected chi connectivity index (χ1v) is 4.47.